The van der Waals surface area contributed by atoms with Gasteiger partial charge < -0.3 is 8.94 Å². The van der Waals surface area contributed by atoms with Crippen LogP contribution in [0.1, 0.15) is 16.2 Å². The van der Waals surface area contributed by atoms with Gasteiger partial charge in [0.2, 0.25) is 11.7 Å². The van der Waals surface area contributed by atoms with E-state index in [9.17, 15) is 4.79 Å². The van der Waals surface area contributed by atoms with E-state index in [4.69, 9.17) is 8.94 Å². The maximum atomic E-state index is 12.0. The number of ketones is 1. The lowest BCUT2D eigenvalue weighted by molar-refractivity contribution is 0.0983. The van der Waals surface area contributed by atoms with Crippen LogP contribution < -0.4 is 0 Å². The summed E-state index contributed by atoms with van der Waals surface area (Å²) in [6.45, 7) is 0. The maximum absolute atomic E-state index is 12.0. The predicted octanol–water partition coefficient (Wildman–Crippen LogP) is 2.76. The number of Topliss-reactive ketones (excluding diaryl/α,β-unsaturated/α-hetero) is 1. The van der Waals surface area contributed by atoms with Gasteiger partial charge in [-0.05, 0) is 12.1 Å². The highest BCUT2D eigenvalue weighted by molar-refractivity contribution is 5.96. The molecule has 3 aromatic rings. The summed E-state index contributed by atoms with van der Waals surface area (Å²) in [5.41, 5.74) is 0.625. The van der Waals surface area contributed by atoms with E-state index >= 15 is 0 Å². The van der Waals surface area contributed by atoms with Gasteiger partial charge in [0.1, 0.15) is 0 Å². The third-order valence-corrected chi connectivity index (χ3v) is 2.62. The molecule has 19 heavy (non-hydrogen) atoms. The maximum Gasteiger partial charge on any atom is 0.238 e. The molecule has 0 radical (unpaired) electrons. The zero-order valence-corrected chi connectivity index (χ0v) is 9.95. The smallest absolute Gasteiger partial charge is 0.238 e. The molecule has 3 rings (SSSR count). The highest BCUT2D eigenvalue weighted by Crippen LogP contribution is 2.16. The molecule has 1 aromatic carbocycles. The van der Waals surface area contributed by atoms with Crippen molar-refractivity contribution < 1.29 is 13.7 Å². The van der Waals surface area contributed by atoms with Gasteiger partial charge in [0, 0.05) is 5.56 Å². The number of nitrogens with zero attached hydrogens (tertiary/aromatic N) is 2. The number of rotatable bonds is 4. The molecule has 2 heterocycles. The van der Waals surface area contributed by atoms with Gasteiger partial charge >= 0.3 is 0 Å². The summed E-state index contributed by atoms with van der Waals surface area (Å²) >= 11 is 0. The molecule has 0 saturated carbocycles. The van der Waals surface area contributed by atoms with Crippen molar-refractivity contribution in [3.8, 4) is 11.6 Å². The first kappa shape index (κ1) is 11.4. The van der Waals surface area contributed by atoms with Gasteiger partial charge in [-0.1, -0.05) is 35.5 Å². The first-order valence-electron chi connectivity index (χ1n) is 5.77. The molecule has 0 bridgehead atoms. The van der Waals surface area contributed by atoms with E-state index in [1.54, 1.807) is 24.3 Å². The highest BCUT2D eigenvalue weighted by atomic mass is 16.5. The number of hydrogen-bond donors (Lipinski definition) is 0. The van der Waals surface area contributed by atoms with Gasteiger partial charge in [-0.3, -0.25) is 4.79 Å². The molecule has 0 amide bonds. The van der Waals surface area contributed by atoms with Gasteiger partial charge in [0.05, 0.1) is 12.7 Å². The SMILES string of the molecule is O=C(Cc1nc(-c2ccco2)no1)c1ccccc1. The van der Waals surface area contributed by atoms with Crippen LogP contribution in [0.25, 0.3) is 11.6 Å². The van der Waals surface area contributed by atoms with E-state index in [1.165, 1.54) is 6.26 Å². The number of aromatic nitrogens is 2. The monoisotopic (exact) mass is 254 g/mol. The topological polar surface area (TPSA) is 69.1 Å². The fourth-order valence-corrected chi connectivity index (χ4v) is 1.70. The standard InChI is InChI=1S/C14H10N2O3/c17-11(10-5-2-1-3-6-10)9-13-15-14(16-19-13)12-7-4-8-18-12/h1-8H,9H2. The summed E-state index contributed by atoms with van der Waals surface area (Å²) in [7, 11) is 0. The quantitative estimate of drug-likeness (QED) is 0.669. The summed E-state index contributed by atoms with van der Waals surface area (Å²) < 4.78 is 10.2. The molecule has 0 fully saturated rings. The van der Waals surface area contributed by atoms with Crippen LogP contribution in [0, 0.1) is 0 Å². The van der Waals surface area contributed by atoms with E-state index in [0.717, 1.165) is 0 Å². The first-order valence-corrected chi connectivity index (χ1v) is 5.77. The lowest BCUT2D eigenvalue weighted by atomic mass is 10.1. The van der Waals surface area contributed by atoms with Crippen LogP contribution in [0.4, 0.5) is 0 Å². The normalized spacial score (nSPS) is 10.5. The Hall–Kier alpha value is -2.69. The van der Waals surface area contributed by atoms with E-state index in [1.807, 2.05) is 18.2 Å². The molecule has 0 atom stereocenters. The van der Waals surface area contributed by atoms with Gasteiger partial charge in [-0.15, -0.1) is 0 Å². The van der Waals surface area contributed by atoms with Crippen molar-refractivity contribution in [1.82, 2.24) is 10.1 Å². The summed E-state index contributed by atoms with van der Waals surface area (Å²) in [5, 5.41) is 3.77. The van der Waals surface area contributed by atoms with Crippen LogP contribution in [0.3, 0.4) is 0 Å². The Labute approximate surface area is 108 Å². The second-order valence-electron chi connectivity index (χ2n) is 3.96. The first-order chi connectivity index (χ1) is 9.33. The minimum absolute atomic E-state index is 0.0600. The Bertz CT molecular complexity index is 672. The lowest BCUT2D eigenvalue weighted by Gasteiger charge is -1.95. The molecule has 94 valence electrons. The predicted molar refractivity (Wildman–Crippen MR) is 66.5 cm³/mol. The molecule has 2 aromatic heterocycles. The summed E-state index contributed by atoms with van der Waals surface area (Å²) in [5.74, 6) is 1.08. The fraction of sp³-hybridized carbons (Fsp3) is 0.0714. The zero-order chi connectivity index (χ0) is 13.1. The van der Waals surface area contributed by atoms with Gasteiger partial charge in [-0.25, -0.2) is 0 Å². The highest BCUT2D eigenvalue weighted by Gasteiger charge is 2.14. The van der Waals surface area contributed by atoms with Crippen molar-refractivity contribution in [3.63, 3.8) is 0 Å². The molecule has 0 unspecified atom stereocenters. The molecule has 5 nitrogen and oxygen atoms in total. The van der Waals surface area contributed by atoms with Crippen LogP contribution in [-0.4, -0.2) is 15.9 Å². The summed E-state index contributed by atoms with van der Waals surface area (Å²) in [6.07, 6.45) is 1.61. The molecular formula is C14H10N2O3. The largest absolute Gasteiger partial charge is 0.461 e. The third-order valence-electron chi connectivity index (χ3n) is 2.62. The van der Waals surface area contributed by atoms with Crippen molar-refractivity contribution in [1.29, 1.82) is 0 Å². The van der Waals surface area contributed by atoms with Crippen molar-refractivity contribution in [2.24, 2.45) is 0 Å². The Morgan fingerprint density at radius 3 is 2.68 bits per heavy atom. The van der Waals surface area contributed by atoms with Gasteiger partial charge in [0.25, 0.3) is 0 Å². The summed E-state index contributed by atoms with van der Waals surface area (Å²) in [4.78, 5) is 16.1. The van der Waals surface area contributed by atoms with Crippen LogP contribution >= 0.6 is 0 Å². The van der Waals surface area contributed by atoms with Crippen molar-refractivity contribution in [3.05, 3.63) is 60.2 Å². The van der Waals surface area contributed by atoms with E-state index < -0.39 is 0 Å². The summed E-state index contributed by atoms with van der Waals surface area (Å²) in [6, 6.07) is 12.5. The third kappa shape index (κ3) is 2.44. The van der Waals surface area contributed by atoms with Crippen molar-refractivity contribution >= 4 is 5.78 Å². The zero-order valence-electron chi connectivity index (χ0n) is 9.95. The Morgan fingerprint density at radius 2 is 1.95 bits per heavy atom. The van der Waals surface area contributed by atoms with Crippen LogP contribution in [0.2, 0.25) is 0 Å². The van der Waals surface area contributed by atoms with Crippen LogP contribution in [0.5, 0.6) is 0 Å². The Morgan fingerprint density at radius 1 is 1.11 bits per heavy atom. The number of benzene rings is 1. The van der Waals surface area contributed by atoms with E-state index in [2.05, 4.69) is 10.1 Å². The second-order valence-corrected chi connectivity index (χ2v) is 3.96. The molecule has 0 N–H and O–H groups in total. The van der Waals surface area contributed by atoms with Gasteiger partial charge in [0.15, 0.2) is 11.5 Å². The number of carbonyl (C=O) groups is 1. The molecule has 0 spiro atoms. The lowest BCUT2D eigenvalue weighted by Crippen LogP contribution is -2.03. The molecule has 0 aliphatic heterocycles. The Balaban J connectivity index is 1.76. The molecule has 5 heteroatoms. The minimum atomic E-state index is -0.0600. The van der Waals surface area contributed by atoms with Crippen LogP contribution in [0.15, 0.2) is 57.7 Å². The Kier molecular flexibility index (Phi) is 2.94. The van der Waals surface area contributed by atoms with E-state index in [0.29, 0.717) is 17.1 Å². The second kappa shape index (κ2) is 4.89. The molecule has 0 aliphatic rings. The average Bonchev–Trinajstić information content (AvgIpc) is 3.10. The number of furan rings is 1. The minimum Gasteiger partial charge on any atom is -0.461 e. The van der Waals surface area contributed by atoms with Gasteiger partial charge in [-0.2, -0.15) is 4.98 Å². The molecule has 0 saturated heterocycles. The molecular weight excluding hydrogens is 244 g/mol. The van der Waals surface area contributed by atoms with E-state index in [-0.39, 0.29) is 18.1 Å². The number of carbonyl (C=O) groups excluding carboxylic acids is 1. The van der Waals surface area contributed by atoms with Crippen molar-refractivity contribution in [2.45, 2.75) is 6.42 Å². The average molecular weight is 254 g/mol. The van der Waals surface area contributed by atoms with Crippen molar-refractivity contribution in [2.75, 3.05) is 0 Å². The van der Waals surface area contributed by atoms with Crippen LogP contribution in [-0.2, 0) is 6.42 Å². The fourth-order valence-electron chi connectivity index (χ4n) is 1.70. The number of hydrogen-bond acceptors (Lipinski definition) is 5. The molecule has 0 aliphatic carbocycles.